The quantitative estimate of drug-likeness (QED) is 0.605. The summed E-state index contributed by atoms with van der Waals surface area (Å²) in [7, 11) is 1.60. The van der Waals surface area contributed by atoms with E-state index in [0.29, 0.717) is 5.56 Å². The second-order valence-electron chi connectivity index (χ2n) is 3.31. The fourth-order valence-electron chi connectivity index (χ4n) is 1.54. The van der Waals surface area contributed by atoms with Crippen LogP contribution in [0.5, 0.6) is 5.75 Å². The molecule has 0 amide bonds. The van der Waals surface area contributed by atoms with Gasteiger partial charge in [-0.2, -0.15) is 0 Å². The number of rotatable bonds is 3. The van der Waals surface area contributed by atoms with Crippen molar-refractivity contribution in [2.24, 2.45) is 0 Å². The number of Topliss-reactive ketones (excluding diaryl/α,β-unsaturated/α-hetero) is 1. The average molecular weight is 247 g/mol. The summed E-state index contributed by atoms with van der Waals surface area (Å²) >= 11 is 11.1. The number of hydrogen-bond donors (Lipinski definition) is 0. The van der Waals surface area contributed by atoms with Gasteiger partial charge in [-0.15, -0.1) is 0 Å². The van der Waals surface area contributed by atoms with Gasteiger partial charge in [-0.25, -0.2) is 0 Å². The van der Waals surface area contributed by atoms with Gasteiger partial charge in [-0.05, 0) is 37.1 Å². The second kappa shape index (κ2) is 4.86. The van der Waals surface area contributed by atoms with Crippen molar-refractivity contribution >= 4 is 29.0 Å². The zero-order valence-corrected chi connectivity index (χ0v) is 10.3. The fraction of sp³-hybridized carbons (Fsp3) is 0.364. The SMILES string of the molecule is COc1c(C)cc(C(=O)C(Cl)Cl)cc1C. The van der Waals surface area contributed by atoms with Crippen molar-refractivity contribution in [1.82, 2.24) is 0 Å². The van der Waals surface area contributed by atoms with Gasteiger partial charge >= 0.3 is 0 Å². The molecule has 82 valence electrons. The zero-order chi connectivity index (χ0) is 11.6. The van der Waals surface area contributed by atoms with Crippen LogP contribution in [0.2, 0.25) is 0 Å². The molecule has 0 unspecified atom stereocenters. The number of carbonyl (C=O) groups excluding carboxylic acids is 1. The van der Waals surface area contributed by atoms with Crippen LogP contribution in [0.1, 0.15) is 21.5 Å². The first-order valence-electron chi connectivity index (χ1n) is 4.45. The summed E-state index contributed by atoms with van der Waals surface area (Å²) in [5.74, 6) is 0.499. The Hall–Kier alpha value is -0.730. The van der Waals surface area contributed by atoms with E-state index in [1.165, 1.54) is 0 Å². The summed E-state index contributed by atoms with van der Waals surface area (Å²) in [6, 6.07) is 3.46. The highest BCUT2D eigenvalue weighted by Gasteiger charge is 2.16. The van der Waals surface area contributed by atoms with E-state index in [2.05, 4.69) is 0 Å². The van der Waals surface area contributed by atoms with Crippen molar-refractivity contribution in [3.63, 3.8) is 0 Å². The minimum atomic E-state index is -1.02. The van der Waals surface area contributed by atoms with Crippen LogP contribution in [-0.2, 0) is 0 Å². The Bertz CT molecular complexity index is 363. The lowest BCUT2D eigenvalue weighted by atomic mass is 10.0. The number of methoxy groups -OCH3 is 1. The van der Waals surface area contributed by atoms with Crippen molar-refractivity contribution in [2.75, 3.05) is 7.11 Å². The third-order valence-corrected chi connectivity index (χ3v) is 2.54. The molecule has 0 aromatic heterocycles. The van der Waals surface area contributed by atoms with Crippen LogP contribution in [0.25, 0.3) is 0 Å². The molecule has 0 bridgehead atoms. The van der Waals surface area contributed by atoms with E-state index < -0.39 is 4.84 Å². The fourth-order valence-corrected chi connectivity index (χ4v) is 1.79. The van der Waals surface area contributed by atoms with Crippen LogP contribution < -0.4 is 4.74 Å². The topological polar surface area (TPSA) is 26.3 Å². The van der Waals surface area contributed by atoms with Gasteiger partial charge in [0.15, 0.2) is 10.6 Å². The van der Waals surface area contributed by atoms with Crippen LogP contribution in [0.3, 0.4) is 0 Å². The Morgan fingerprint density at radius 2 is 1.73 bits per heavy atom. The first kappa shape index (κ1) is 12.3. The van der Waals surface area contributed by atoms with Crippen molar-refractivity contribution in [3.05, 3.63) is 28.8 Å². The average Bonchev–Trinajstić information content (AvgIpc) is 2.15. The molecular formula is C11H12Cl2O2. The maximum absolute atomic E-state index is 11.5. The lowest BCUT2D eigenvalue weighted by Crippen LogP contribution is -2.09. The molecule has 0 saturated carbocycles. The maximum atomic E-state index is 11.5. The highest BCUT2D eigenvalue weighted by Crippen LogP contribution is 2.25. The summed E-state index contributed by atoms with van der Waals surface area (Å²) < 4.78 is 5.19. The number of hydrogen-bond acceptors (Lipinski definition) is 2. The molecule has 0 aliphatic carbocycles. The number of halogens is 2. The maximum Gasteiger partial charge on any atom is 0.195 e. The van der Waals surface area contributed by atoms with Gasteiger partial charge in [0.1, 0.15) is 5.75 Å². The highest BCUT2D eigenvalue weighted by molar-refractivity contribution is 6.55. The molecule has 0 saturated heterocycles. The van der Waals surface area contributed by atoms with Crippen LogP contribution in [0.15, 0.2) is 12.1 Å². The van der Waals surface area contributed by atoms with E-state index in [0.717, 1.165) is 16.9 Å². The van der Waals surface area contributed by atoms with E-state index >= 15 is 0 Å². The number of ketones is 1. The number of ether oxygens (including phenoxy) is 1. The lowest BCUT2D eigenvalue weighted by Gasteiger charge is -2.10. The van der Waals surface area contributed by atoms with E-state index in [-0.39, 0.29) is 5.78 Å². The molecule has 0 N–H and O–H groups in total. The van der Waals surface area contributed by atoms with Crippen LogP contribution in [-0.4, -0.2) is 17.7 Å². The minimum Gasteiger partial charge on any atom is -0.496 e. The molecule has 0 fully saturated rings. The Balaban J connectivity index is 3.20. The molecule has 1 aromatic rings. The molecule has 2 nitrogen and oxygen atoms in total. The van der Waals surface area contributed by atoms with Gasteiger partial charge in [0, 0.05) is 5.56 Å². The second-order valence-corrected chi connectivity index (χ2v) is 4.40. The summed E-state index contributed by atoms with van der Waals surface area (Å²) in [5.41, 5.74) is 2.31. The summed E-state index contributed by atoms with van der Waals surface area (Å²) in [6.07, 6.45) is 0. The smallest absolute Gasteiger partial charge is 0.195 e. The predicted octanol–water partition coefficient (Wildman–Crippen LogP) is 3.30. The van der Waals surface area contributed by atoms with Gasteiger partial charge in [0.25, 0.3) is 0 Å². The Labute approximate surface area is 99.1 Å². The predicted molar refractivity (Wildman–Crippen MR) is 62.3 cm³/mol. The van der Waals surface area contributed by atoms with Crippen molar-refractivity contribution in [3.8, 4) is 5.75 Å². The Morgan fingerprint density at radius 1 is 1.27 bits per heavy atom. The molecule has 1 aromatic carbocycles. The number of alkyl halides is 2. The van der Waals surface area contributed by atoms with Gasteiger partial charge in [-0.3, -0.25) is 4.79 Å². The highest BCUT2D eigenvalue weighted by atomic mass is 35.5. The summed E-state index contributed by atoms with van der Waals surface area (Å²) in [4.78, 5) is 10.5. The van der Waals surface area contributed by atoms with Gasteiger partial charge in [-0.1, -0.05) is 23.2 Å². The van der Waals surface area contributed by atoms with E-state index in [1.807, 2.05) is 13.8 Å². The third kappa shape index (κ3) is 2.64. The molecule has 0 aliphatic rings. The number of benzene rings is 1. The van der Waals surface area contributed by atoms with Crippen LogP contribution in [0.4, 0.5) is 0 Å². The molecule has 0 spiro atoms. The van der Waals surface area contributed by atoms with Gasteiger partial charge in [0.2, 0.25) is 0 Å². The van der Waals surface area contributed by atoms with Crippen molar-refractivity contribution in [1.29, 1.82) is 0 Å². The number of carbonyl (C=O) groups is 1. The first-order valence-corrected chi connectivity index (χ1v) is 5.32. The summed E-state index contributed by atoms with van der Waals surface area (Å²) in [6.45, 7) is 3.75. The van der Waals surface area contributed by atoms with E-state index in [4.69, 9.17) is 27.9 Å². The van der Waals surface area contributed by atoms with Crippen molar-refractivity contribution in [2.45, 2.75) is 18.7 Å². The first-order chi connectivity index (χ1) is 6.97. The lowest BCUT2D eigenvalue weighted by molar-refractivity contribution is 0.101. The molecular weight excluding hydrogens is 235 g/mol. The van der Waals surface area contributed by atoms with Crippen LogP contribution in [0, 0.1) is 13.8 Å². The molecule has 1 rings (SSSR count). The summed E-state index contributed by atoms with van der Waals surface area (Å²) in [5, 5.41) is 0. The van der Waals surface area contributed by atoms with Crippen molar-refractivity contribution < 1.29 is 9.53 Å². The molecule has 0 radical (unpaired) electrons. The Morgan fingerprint density at radius 3 is 2.07 bits per heavy atom. The number of aryl methyl sites for hydroxylation is 2. The van der Waals surface area contributed by atoms with Gasteiger partial charge < -0.3 is 4.74 Å². The molecule has 0 atom stereocenters. The monoisotopic (exact) mass is 246 g/mol. The van der Waals surface area contributed by atoms with Crippen LogP contribution >= 0.6 is 23.2 Å². The molecule has 0 heterocycles. The molecule has 4 heteroatoms. The minimum absolute atomic E-state index is 0.285. The molecule has 15 heavy (non-hydrogen) atoms. The van der Waals surface area contributed by atoms with E-state index in [1.54, 1.807) is 19.2 Å². The standard InChI is InChI=1S/C11H12Cl2O2/c1-6-4-8(9(14)11(12)13)5-7(2)10(6)15-3/h4-5,11H,1-3H3. The molecule has 0 aliphatic heterocycles. The zero-order valence-electron chi connectivity index (χ0n) is 8.80. The Kier molecular flexibility index (Phi) is 4.00. The normalized spacial score (nSPS) is 10.5. The van der Waals surface area contributed by atoms with E-state index in [9.17, 15) is 4.79 Å². The largest absolute Gasteiger partial charge is 0.496 e. The third-order valence-electron chi connectivity index (χ3n) is 2.15. The van der Waals surface area contributed by atoms with Gasteiger partial charge in [0.05, 0.1) is 7.11 Å².